The van der Waals surface area contributed by atoms with Crippen LogP contribution >= 0.6 is 0 Å². The van der Waals surface area contributed by atoms with Crippen LogP contribution in [0.15, 0.2) is 36.4 Å². The molecule has 3 rings (SSSR count). The van der Waals surface area contributed by atoms with Gasteiger partial charge >= 0.3 is 12.1 Å². The average molecular weight is 375 g/mol. The molecule has 2 N–H and O–H groups in total. The summed E-state index contributed by atoms with van der Waals surface area (Å²) in [6, 6.07) is 8.03. The van der Waals surface area contributed by atoms with Gasteiger partial charge in [-0.15, -0.1) is 0 Å². The van der Waals surface area contributed by atoms with E-state index in [9.17, 15) is 19.1 Å². The summed E-state index contributed by atoms with van der Waals surface area (Å²) >= 11 is 0. The van der Waals surface area contributed by atoms with Crippen LogP contribution in [0.1, 0.15) is 22.7 Å². The van der Waals surface area contributed by atoms with Crippen molar-refractivity contribution < 1.29 is 33.7 Å². The molecule has 1 atom stereocenters. The zero-order valence-electron chi connectivity index (χ0n) is 14.5. The van der Waals surface area contributed by atoms with Crippen LogP contribution in [0.3, 0.4) is 0 Å². The fourth-order valence-corrected chi connectivity index (χ4v) is 3.37. The Labute approximate surface area is 154 Å². The molecule has 2 aromatic carbocycles. The first-order valence-corrected chi connectivity index (χ1v) is 8.21. The number of methoxy groups -OCH3 is 1. The highest BCUT2D eigenvalue weighted by molar-refractivity contribution is 5.70. The van der Waals surface area contributed by atoms with Crippen LogP contribution < -0.4 is 9.47 Å². The molecular weight excluding hydrogens is 357 g/mol. The molecule has 1 amide bonds. The van der Waals surface area contributed by atoms with Crippen molar-refractivity contribution in [1.29, 1.82) is 0 Å². The largest absolute Gasteiger partial charge is 0.496 e. The van der Waals surface area contributed by atoms with Crippen LogP contribution in [0.2, 0.25) is 0 Å². The summed E-state index contributed by atoms with van der Waals surface area (Å²) < 4.78 is 24.7. The van der Waals surface area contributed by atoms with Gasteiger partial charge in [-0.05, 0) is 36.2 Å². The number of hydrogen-bond acceptors (Lipinski definition) is 4. The summed E-state index contributed by atoms with van der Waals surface area (Å²) in [6.45, 7) is -0.439. The van der Waals surface area contributed by atoms with E-state index in [4.69, 9.17) is 14.6 Å². The Kier molecular flexibility index (Phi) is 5.16. The summed E-state index contributed by atoms with van der Waals surface area (Å²) in [7, 11) is 1.53. The molecule has 0 saturated carbocycles. The monoisotopic (exact) mass is 375 g/mol. The Morgan fingerprint density at radius 1 is 1.19 bits per heavy atom. The van der Waals surface area contributed by atoms with Crippen LogP contribution in [-0.4, -0.2) is 47.4 Å². The van der Waals surface area contributed by atoms with Crippen molar-refractivity contribution >= 4 is 12.1 Å². The molecule has 0 saturated heterocycles. The number of fused-ring (bicyclic) bond motifs is 1. The number of carbonyl (C=O) groups is 2. The molecule has 1 heterocycles. The van der Waals surface area contributed by atoms with Crippen molar-refractivity contribution in [3.05, 3.63) is 58.9 Å². The van der Waals surface area contributed by atoms with E-state index in [1.54, 1.807) is 18.2 Å². The number of carboxylic acids is 1. The van der Waals surface area contributed by atoms with Crippen molar-refractivity contribution in [1.82, 2.24) is 4.90 Å². The van der Waals surface area contributed by atoms with Crippen LogP contribution in [0.5, 0.6) is 11.5 Å². The molecule has 142 valence electrons. The van der Waals surface area contributed by atoms with Crippen molar-refractivity contribution in [2.24, 2.45) is 0 Å². The molecule has 0 aliphatic carbocycles. The number of ether oxygens (including phenoxy) is 2. The molecule has 1 aliphatic rings. The number of aliphatic carboxylic acids is 1. The predicted octanol–water partition coefficient (Wildman–Crippen LogP) is 2.92. The molecule has 2 aromatic rings. The molecule has 0 radical (unpaired) electrons. The smallest absolute Gasteiger partial charge is 0.408 e. The normalized spacial score (nSPS) is 15.8. The lowest BCUT2D eigenvalue weighted by Crippen LogP contribution is -2.40. The summed E-state index contributed by atoms with van der Waals surface area (Å²) in [5, 5.41) is 18.5. The number of hydrogen-bond donors (Lipinski definition) is 2. The zero-order valence-corrected chi connectivity index (χ0v) is 14.5. The molecule has 7 nitrogen and oxygen atoms in total. The predicted molar refractivity (Wildman–Crippen MR) is 92.8 cm³/mol. The Morgan fingerprint density at radius 3 is 2.63 bits per heavy atom. The van der Waals surface area contributed by atoms with Crippen molar-refractivity contribution in [3.8, 4) is 11.5 Å². The third kappa shape index (κ3) is 3.64. The Balaban J connectivity index is 2.17. The van der Waals surface area contributed by atoms with Crippen LogP contribution in [0.25, 0.3) is 0 Å². The SMILES string of the molecule is COc1cccc2c1CCN(C(=O)O)C2c1cc(F)ccc1OCC(=O)O. The van der Waals surface area contributed by atoms with Gasteiger partial charge in [0.15, 0.2) is 6.61 Å². The summed E-state index contributed by atoms with van der Waals surface area (Å²) in [4.78, 5) is 23.9. The first-order chi connectivity index (χ1) is 12.9. The first kappa shape index (κ1) is 18.5. The van der Waals surface area contributed by atoms with Gasteiger partial charge in [-0.2, -0.15) is 0 Å². The minimum absolute atomic E-state index is 0.116. The fraction of sp³-hybridized carbons (Fsp3) is 0.263. The number of rotatable bonds is 5. The van der Waals surface area contributed by atoms with Crippen LogP contribution in [0.4, 0.5) is 9.18 Å². The van der Waals surface area contributed by atoms with Crippen molar-refractivity contribution in [2.75, 3.05) is 20.3 Å². The lowest BCUT2D eigenvalue weighted by molar-refractivity contribution is -0.139. The molecule has 0 aromatic heterocycles. The minimum atomic E-state index is -1.19. The second kappa shape index (κ2) is 7.53. The Morgan fingerprint density at radius 2 is 1.96 bits per heavy atom. The summed E-state index contributed by atoms with van der Waals surface area (Å²) in [5.41, 5.74) is 1.72. The summed E-state index contributed by atoms with van der Waals surface area (Å²) in [5.74, 6) is -1.03. The van der Waals surface area contributed by atoms with E-state index in [-0.39, 0.29) is 17.9 Å². The average Bonchev–Trinajstić information content (AvgIpc) is 2.65. The third-order valence-corrected chi connectivity index (χ3v) is 4.46. The zero-order chi connectivity index (χ0) is 19.6. The fourth-order valence-electron chi connectivity index (χ4n) is 3.37. The maximum absolute atomic E-state index is 14.0. The third-order valence-electron chi connectivity index (χ3n) is 4.46. The summed E-state index contributed by atoms with van der Waals surface area (Å²) in [6.07, 6.45) is -0.718. The van der Waals surface area contributed by atoms with Gasteiger partial charge in [0.25, 0.3) is 0 Å². The van der Waals surface area contributed by atoms with Crippen LogP contribution in [-0.2, 0) is 11.2 Å². The molecule has 8 heteroatoms. The molecule has 0 bridgehead atoms. The maximum Gasteiger partial charge on any atom is 0.408 e. The van der Waals surface area contributed by atoms with Crippen LogP contribution in [0, 0.1) is 5.82 Å². The number of halogens is 1. The second-order valence-electron chi connectivity index (χ2n) is 6.02. The first-order valence-electron chi connectivity index (χ1n) is 8.21. The number of amides is 1. The lowest BCUT2D eigenvalue weighted by Gasteiger charge is -2.37. The molecule has 1 unspecified atom stereocenters. The van der Waals surface area contributed by atoms with Gasteiger partial charge in [0.1, 0.15) is 17.3 Å². The number of carboxylic acid groups (broad SMARTS) is 2. The van der Waals surface area contributed by atoms with E-state index >= 15 is 0 Å². The second-order valence-corrected chi connectivity index (χ2v) is 6.02. The van der Waals surface area contributed by atoms with Gasteiger partial charge in [-0.25, -0.2) is 14.0 Å². The number of nitrogens with zero attached hydrogens (tertiary/aromatic N) is 1. The highest BCUT2D eigenvalue weighted by Crippen LogP contribution is 2.42. The van der Waals surface area contributed by atoms with E-state index in [1.165, 1.54) is 24.1 Å². The van der Waals surface area contributed by atoms with Gasteiger partial charge in [0.05, 0.1) is 13.2 Å². The molecule has 27 heavy (non-hydrogen) atoms. The van der Waals surface area contributed by atoms with Crippen molar-refractivity contribution in [2.45, 2.75) is 12.5 Å². The maximum atomic E-state index is 14.0. The minimum Gasteiger partial charge on any atom is -0.496 e. The molecular formula is C19H18FNO6. The Hall–Kier alpha value is -3.29. The highest BCUT2D eigenvalue weighted by Gasteiger charge is 2.35. The standard InChI is InChI=1S/C19H18FNO6/c1-26-15-4-2-3-13-12(15)7-8-21(19(24)25)18(13)14-9-11(20)5-6-16(14)27-10-17(22)23/h2-6,9,18H,7-8,10H2,1H3,(H,22,23)(H,24,25). The van der Waals surface area contributed by atoms with Gasteiger partial charge in [-0.3, -0.25) is 4.90 Å². The molecule has 0 spiro atoms. The lowest BCUT2D eigenvalue weighted by atomic mass is 9.87. The van der Waals surface area contributed by atoms with Gasteiger partial charge < -0.3 is 19.7 Å². The van der Waals surface area contributed by atoms with E-state index in [0.29, 0.717) is 17.7 Å². The molecule has 1 aliphatic heterocycles. The highest BCUT2D eigenvalue weighted by atomic mass is 19.1. The van der Waals surface area contributed by atoms with Gasteiger partial charge in [-0.1, -0.05) is 12.1 Å². The Bertz CT molecular complexity index is 884. The van der Waals surface area contributed by atoms with Gasteiger partial charge in [0.2, 0.25) is 0 Å². The van der Waals surface area contributed by atoms with E-state index < -0.39 is 30.5 Å². The van der Waals surface area contributed by atoms with Gasteiger partial charge in [0, 0.05) is 17.7 Å². The quantitative estimate of drug-likeness (QED) is 0.834. The van der Waals surface area contributed by atoms with E-state index in [0.717, 1.165) is 11.6 Å². The molecule has 0 fully saturated rings. The topological polar surface area (TPSA) is 96.3 Å². The van der Waals surface area contributed by atoms with E-state index in [2.05, 4.69) is 0 Å². The number of benzene rings is 2. The van der Waals surface area contributed by atoms with Crippen molar-refractivity contribution in [3.63, 3.8) is 0 Å². The van der Waals surface area contributed by atoms with E-state index in [1.807, 2.05) is 0 Å².